The van der Waals surface area contributed by atoms with Crippen LogP contribution in [0.15, 0.2) is 94.1 Å². The number of hydrogen-bond donors (Lipinski definition) is 1. The van der Waals surface area contributed by atoms with Gasteiger partial charge >= 0.3 is 5.97 Å². The summed E-state index contributed by atoms with van der Waals surface area (Å²) in [5, 5.41) is 18.4. The molecule has 6 heteroatoms. The summed E-state index contributed by atoms with van der Waals surface area (Å²) in [6, 6.07) is 22.7. The van der Waals surface area contributed by atoms with E-state index in [0.717, 1.165) is 5.56 Å². The quantitative estimate of drug-likeness (QED) is 0.356. The number of amidine groups is 1. The lowest BCUT2D eigenvalue weighted by atomic mass is 10.1. The van der Waals surface area contributed by atoms with Crippen molar-refractivity contribution >= 4 is 34.8 Å². The van der Waals surface area contributed by atoms with Crippen LogP contribution in [0.5, 0.6) is 0 Å². The second-order valence-electron chi connectivity index (χ2n) is 5.30. The maximum atomic E-state index is 11.4. The van der Waals surface area contributed by atoms with Crippen molar-refractivity contribution < 1.29 is 9.90 Å². The number of para-hydroxylation sites is 1. The molecule has 3 aromatic rings. The predicted octanol–water partition coefficient (Wildman–Crippen LogP) is 5.90. The van der Waals surface area contributed by atoms with Gasteiger partial charge in [-0.25, -0.2) is 9.79 Å². The fourth-order valence-corrected chi connectivity index (χ4v) is 2.34. The van der Waals surface area contributed by atoms with Gasteiger partial charge in [0.05, 0.1) is 16.9 Å². The maximum absolute atomic E-state index is 11.4. The summed E-state index contributed by atoms with van der Waals surface area (Å²) in [4.78, 5) is 15.8. The molecule has 0 saturated heterocycles. The highest BCUT2D eigenvalue weighted by Crippen LogP contribution is 2.22. The molecule has 0 fully saturated rings. The molecule has 128 valence electrons. The van der Waals surface area contributed by atoms with Crippen LogP contribution in [0.4, 0.5) is 11.4 Å². The fraction of sp³-hybridized carbons (Fsp3) is 0. The second-order valence-corrected chi connectivity index (χ2v) is 5.74. The topological polar surface area (TPSA) is 74.4 Å². The third-order valence-corrected chi connectivity index (χ3v) is 3.73. The average Bonchev–Trinajstić information content (AvgIpc) is 2.67. The number of hydrogen-bond acceptors (Lipinski definition) is 3. The zero-order valence-corrected chi connectivity index (χ0v) is 14.3. The monoisotopic (exact) mass is 363 g/mol. The molecule has 0 atom stereocenters. The van der Waals surface area contributed by atoms with Crippen molar-refractivity contribution in [2.24, 2.45) is 15.2 Å². The highest BCUT2D eigenvalue weighted by molar-refractivity contribution is 6.30. The number of aromatic carboxylic acids is 1. The molecule has 3 aromatic carbocycles. The predicted molar refractivity (Wildman–Crippen MR) is 102 cm³/mol. The Balaban J connectivity index is 2.05. The lowest BCUT2D eigenvalue weighted by Gasteiger charge is -2.04. The third kappa shape index (κ3) is 4.40. The van der Waals surface area contributed by atoms with Crippen molar-refractivity contribution in [1.29, 1.82) is 0 Å². The first-order valence-corrected chi connectivity index (χ1v) is 8.15. The zero-order chi connectivity index (χ0) is 18.4. The Labute approximate surface area is 155 Å². The molecule has 0 amide bonds. The first-order valence-electron chi connectivity index (χ1n) is 7.77. The fourth-order valence-electron chi connectivity index (χ4n) is 2.21. The number of halogens is 1. The molecule has 1 N–H and O–H groups in total. The van der Waals surface area contributed by atoms with Gasteiger partial charge in [-0.2, -0.15) is 0 Å². The van der Waals surface area contributed by atoms with Gasteiger partial charge in [0.2, 0.25) is 0 Å². The lowest BCUT2D eigenvalue weighted by molar-refractivity contribution is 0.0698. The summed E-state index contributed by atoms with van der Waals surface area (Å²) in [5.74, 6) is -0.736. The van der Waals surface area contributed by atoms with Gasteiger partial charge in [-0.15, -0.1) is 10.2 Å². The molecule has 0 aliphatic rings. The number of carbonyl (C=O) groups is 1. The van der Waals surface area contributed by atoms with Gasteiger partial charge in [-0.05, 0) is 36.4 Å². The van der Waals surface area contributed by atoms with E-state index < -0.39 is 5.97 Å². The van der Waals surface area contributed by atoms with E-state index in [4.69, 9.17) is 11.6 Å². The van der Waals surface area contributed by atoms with Crippen LogP contribution in [0.25, 0.3) is 0 Å². The molecule has 5 nitrogen and oxygen atoms in total. The first-order chi connectivity index (χ1) is 12.6. The van der Waals surface area contributed by atoms with E-state index >= 15 is 0 Å². The SMILES string of the molecule is O=C(O)c1ccccc1N=C(N=Nc1ccc(Cl)cc1)c1ccccc1. The largest absolute Gasteiger partial charge is 0.478 e. The maximum Gasteiger partial charge on any atom is 0.337 e. The minimum atomic E-state index is -1.05. The van der Waals surface area contributed by atoms with E-state index in [2.05, 4.69) is 15.2 Å². The van der Waals surface area contributed by atoms with Gasteiger partial charge in [0.25, 0.3) is 0 Å². The Morgan fingerprint density at radius 3 is 2.19 bits per heavy atom. The van der Waals surface area contributed by atoms with Gasteiger partial charge in [0, 0.05) is 10.6 Å². The summed E-state index contributed by atoms with van der Waals surface area (Å²) in [6.07, 6.45) is 0. The summed E-state index contributed by atoms with van der Waals surface area (Å²) < 4.78 is 0. The van der Waals surface area contributed by atoms with Crippen LogP contribution in [0.3, 0.4) is 0 Å². The summed E-state index contributed by atoms with van der Waals surface area (Å²) >= 11 is 5.87. The van der Waals surface area contributed by atoms with Crippen LogP contribution < -0.4 is 0 Å². The van der Waals surface area contributed by atoms with E-state index in [1.807, 2.05) is 30.3 Å². The number of carboxylic acid groups (broad SMARTS) is 1. The number of rotatable bonds is 4. The summed E-state index contributed by atoms with van der Waals surface area (Å²) in [6.45, 7) is 0. The number of nitrogens with zero attached hydrogens (tertiary/aromatic N) is 3. The summed E-state index contributed by atoms with van der Waals surface area (Å²) in [7, 11) is 0. The lowest BCUT2D eigenvalue weighted by Crippen LogP contribution is -1.99. The van der Waals surface area contributed by atoms with Crippen LogP contribution in [-0.2, 0) is 0 Å². The van der Waals surface area contributed by atoms with Gasteiger partial charge in [-0.1, -0.05) is 54.1 Å². The molecule has 0 aliphatic heterocycles. The highest BCUT2D eigenvalue weighted by Gasteiger charge is 2.10. The molecular formula is C20H14ClN3O2. The van der Waals surface area contributed by atoms with E-state index in [1.165, 1.54) is 6.07 Å². The van der Waals surface area contributed by atoms with Crippen LogP contribution in [0.1, 0.15) is 15.9 Å². The molecule has 3 rings (SSSR count). The molecule has 0 unspecified atom stereocenters. The third-order valence-electron chi connectivity index (χ3n) is 3.48. The second kappa shape index (κ2) is 8.18. The van der Waals surface area contributed by atoms with Crippen molar-refractivity contribution in [3.05, 3.63) is 95.0 Å². The highest BCUT2D eigenvalue weighted by atomic mass is 35.5. The molecule has 0 bridgehead atoms. The Morgan fingerprint density at radius 2 is 1.50 bits per heavy atom. The van der Waals surface area contributed by atoms with Crippen LogP contribution in [-0.4, -0.2) is 16.9 Å². The van der Waals surface area contributed by atoms with Gasteiger partial charge < -0.3 is 5.11 Å². The molecule has 0 radical (unpaired) electrons. The van der Waals surface area contributed by atoms with Gasteiger partial charge in [-0.3, -0.25) is 0 Å². The zero-order valence-electron chi connectivity index (χ0n) is 13.6. The van der Waals surface area contributed by atoms with E-state index in [-0.39, 0.29) is 5.56 Å². The molecule has 0 aliphatic carbocycles. The number of benzene rings is 3. The average molecular weight is 364 g/mol. The molecule has 0 saturated carbocycles. The minimum Gasteiger partial charge on any atom is -0.478 e. The molecule has 0 aromatic heterocycles. The van der Waals surface area contributed by atoms with E-state index in [0.29, 0.717) is 22.2 Å². The normalized spacial score (nSPS) is 11.7. The number of azo groups is 1. The number of carboxylic acids is 1. The van der Waals surface area contributed by atoms with Crippen molar-refractivity contribution in [3.8, 4) is 0 Å². The Bertz CT molecular complexity index is 968. The molecule has 26 heavy (non-hydrogen) atoms. The van der Waals surface area contributed by atoms with Crippen molar-refractivity contribution in [1.82, 2.24) is 0 Å². The van der Waals surface area contributed by atoms with Crippen LogP contribution in [0, 0.1) is 0 Å². The smallest absolute Gasteiger partial charge is 0.337 e. The van der Waals surface area contributed by atoms with Crippen molar-refractivity contribution in [3.63, 3.8) is 0 Å². The van der Waals surface area contributed by atoms with Crippen molar-refractivity contribution in [2.45, 2.75) is 0 Å². The first kappa shape index (κ1) is 17.5. The standard InChI is InChI=1S/C20H14ClN3O2/c21-15-10-12-16(13-11-15)23-24-19(14-6-2-1-3-7-14)22-18-9-5-4-8-17(18)20(25)26/h1-13H,(H,25,26). The Morgan fingerprint density at radius 1 is 0.846 bits per heavy atom. The number of aliphatic imine (C=N–C) groups is 1. The molecule has 0 spiro atoms. The van der Waals surface area contributed by atoms with Gasteiger partial charge in [0.1, 0.15) is 0 Å². The van der Waals surface area contributed by atoms with Crippen LogP contribution in [0.2, 0.25) is 5.02 Å². The Hall–Kier alpha value is -3.31. The summed E-state index contributed by atoms with van der Waals surface area (Å²) in [5.41, 5.74) is 1.76. The molecular weight excluding hydrogens is 350 g/mol. The van der Waals surface area contributed by atoms with E-state index in [1.54, 1.807) is 42.5 Å². The van der Waals surface area contributed by atoms with Gasteiger partial charge in [0.15, 0.2) is 5.84 Å². The molecule has 0 heterocycles. The van der Waals surface area contributed by atoms with Crippen molar-refractivity contribution in [2.75, 3.05) is 0 Å². The van der Waals surface area contributed by atoms with Crippen LogP contribution >= 0.6 is 11.6 Å². The Kier molecular flexibility index (Phi) is 5.51. The minimum absolute atomic E-state index is 0.0997. The van der Waals surface area contributed by atoms with E-state index in [9.17, 15) is 9.90 Å².